The van der Waals surface area contributed by atoms with Crippen LogP contribution < -0.4 is 0 Å². The molecule has 1 aliphatic rings. The molecule has 9 nitrogen and oxygen atoms in total. The number of esters is 1. The number of ether oxygens (including phenoxy) is 4. The van der Waals surface area contributed by atoms with Crippen molar-refractivity contribution in [1.82, 2.24) is 0 Å². The zero-order chi connectivity index (χ0) is 45.0. The number of carbonyl (C=O) groups excluding carboxylic acids is 1. The fourth-order valence-electron chi connectivity index (χ4n) is 7.48. The first-order valence-corrected chi connectivity index (χ1v) is 25.4. The number of rotatable bonds is 43. The lowest BCUT2D eigenvalue weighted by atomic mass is 9.99. The zero-order valence-electron chi connectivity index (χ0n) is 39.6. The average Bonchev–Trinajstić information content (AvgIpc) is 3.27. The van der Waals surface area contributed by atoms with Gasteiger partial charge in [0.15, 0.2) is 6.29 Å². The van der Waals surface area contributed by atoms with Crippen molar-refractivity contribution in [1.29, 1.82) is 0 Å². The molecule has 0 aromatic rings. The number of hydrogen-bond donors (Lipinski definition) is 4. The first kappa shape index (κ1) is 57.9. The van der Waals surface area contributed by atoms with Crippen LogP contribution in [0.3, 0.4) is 0 Å². The highest BCUT2D eigenvalue weighted by Crippen LogP contribution is 2.23. The molecule has 0 aliphatic carbocycles. The van der Waals surface area contributed by atoms with Crippen molar-refractivity contribution in [3.8, 4) is 0 Å². The highest BCUT2D eigenvalue weighted by Gasteiger charge is 2.44. The van der Waals surface area contributed by atoms with Crippen molar-refractivity contribution in [3.05, 3.63) is 60.8 Å². The second-order valence-electron chi connectivity index (χ2n) is 17.2. The second-order valence-corrected chi connectivity index (χ2v) is 17.2. The topological polar surface area (TPSA) is 135 Å². The summed E-state index contributed by atoms with van der Waals surface area (Å²) in [5.74, 6) is -0.337. The molecule has 0 spiro atoms. The fourth-order valence-corrected chi connectivity index (χ4v) is 7.48. The summed E-state index contributed by atoms with van der Waals surface area (Å²) in [4.78, 5) is 12.8. The Labute approximate surface area is 379 Å². The molecule has 4 N–H and O–H groups in total. The lowest BCUT2D eigenvalue weighted by Gasteiger charge is -2.39. The first-order chi connectivity index (χ1) is 30.4. The minimum absolute atomic E-state index is 0.126. The smallest absolute Gasteiger partial charge is 0.306 e. The fraction of sp³-hybridized carbons (Fsp3) is 0.792. The van der Waals surface area contributed by atoms with Gasteiger partial charge in [-0.25, -0.2) is 0 Å². The molecule has 0 radical (unpaired) electrons. The Kier molecular flexibility index (Phi) is 41.2. The predicted octanol–water partition coefficient (Wildman–Crippen LogP) is 12.3. The summed E-state index contributed by atoms with van der Waals surface area (Å²) < 4.78 is 22.9. The quantitative estimate of drug-likeness (QED) is 0.0268. The van der Waals surface area contributed by atoms with Crippen molar-refractivity contribution in [3.63, 3.8) is 0 Å². The van der Waals surface area contributed by atoms with Crippen molar-refractivity contribution < 1.29 is 44.2 Å². The maximum absolute atomic E-state index is 12.8. The van der Waals surface area contributed by atoms with Crippen LogP contribution in [0.4, 0.5) is 0 Å². The molecule has 0 amide bonds. The zero-order valence-corrected chi connectivity index (χ0v) is 39.6. The molecule has 0 bridgehead atoms. The summed E-state index contributed by atoms with van der Waals surface area (Å²) in [6.07, 6.45) is 49.7. The van der Waals surface area contributed by atoms with Gasteiger partial charge in [0.25, 0.3) is 0 Å². The van der Waals surface area contributed by atoms with E-state index in [1.54, 1.807) is 0 Å². The second kappa shape index (κ2) is 44.1. The van der Waals surface area contributed by atoms with E-state index in [-0.39, 0.29) is 25.6 Å². The van der Waals surface area contributed by atoms with Crippen LogP contribution in [-0.4, -0.2) is 89.6 Å². The minimum atomic E-state index is -1.54. The van der Waals surface area contributed by atoms with E-state index in [0.29, 0.717) is 6.61 Å². The van der Waals surface area contributed by atoms with Crippen molar-refractivity contribution >= 4 is 5.97 Å². The molecule has 1 saturated heterocycles. The Morgan fingerprint density at radius 3 is 1.50 bits per heavy atom. The Bertz CT molecular complexity index is 1130. The van der Waals surface area contributed by atoms with E-state index in [9.17, 15) is 25.2 Å². The van der Waals surface area contributed by atoms with Gasteiger partial charge in [-0.3, -0.25) is 4.79 Å². The van der Waals surface area contributed by atoms with Crippen LogP contribution in [0, 0.1) is 0 Å². The van der Waals surface area contributed by atoms with Gasteiger partial charge in [0.2, 0.25) is 0 Å². The molecular weight excluding hydrogens is 781 g/mol. The molecule has 1 aliphatic heterocycles. The third-order valence-corrected chi connectivity index (χ3v) is 11.4. The maximum atomic E-state index is 12.8. The molecule has 6 atom stereocenters. The highest BCUT2D eigenvalue weighted by atomic mass is 16.7. The largest absolute Gasteiger partial charge is 0.457 e. The van der Waals surface area contributed by atoms with Gasteiger partial charge >= 0.3 is 5.97 Å². The maximum Gasteiger partial charge on any atom is 0.306 e. The molecular formula is C53H94O9. The van der Waals surface area contributed by atoms with Crippen LogP contribution >= 0.6 is 0 Å². The summed E-state index contributed by atoms with van der Waals surface area (Å²) in [6, 6.07) is 0. The average molecular weight is 875 g/mol. The van der Waals surface area contributed by atoms with Crippen LogP contribution in [0.1, 0.15) is 206 Å². The van der Waals surface area contributed by atoms with E-state index >= 15 is 0 Å². The number of allylic oxidation sites excluding steroid dienone is 10. The number of hydrogen-bond acceptors (Lipinski definition) is 9. The van der Waals surface area contributed by atoms with Crippen LogP contribution in [0.25, 0.3) is 0 Å². The van der Waals surface area contributed by atoms with Gasteiger partial charge < -0.3 is 39.4 Å². The van der Waals surface area contributed by atoms with Gasteiger partial charge in [0.05, 0.1) is 19.8 Å². The number of aliphatic hydroxyl groups is 4. The monoisotopic (exact) mass is 875 g/mol. The van der Waals surface area contributed by atoms with E-state index in [1.807, 2.05) is 0 Å². The highest BCUT2D eigenvalue weighted by molar-refractivity contribution is 5.69. The predicted molar refractivity (Wildman–Crippen MR) is 256 cm³/mol. The first-order valence-electron chi connectivity index (χ1n) is 25.4. The third kappa shape index (κ3) is 34.3. The van der Waals surface area contributed by atoms with Gasteiger partial charge in [-0.15, -0.1) is 0 Å². The van der Waals surface area contributed by atoms with Crippen molar-refractivity contribution in [2.24, 2.45) is 0 Å². The summed E-state index contributed by atoms with van der Waals surface area (Å²) in [6.45, 7) is 4.42. The molecule has 1 fully saturated rings. The van der Waals surface area contributed by atoms with Crippen LogP contribution in [0.5, 0.6) is 0 Å². The Hall–Kier alpha value is -2.11. The molecule has 0 saturated carbocycles. The lowest BCUT2D eigenvalue weighted by Crippen LogP contribution is -2.59. The van der Waals surface area contributed by atoms with Gasteiger partial charge in [-0.05, 0) is 77.0 Å². The molecule has 6 unspecified atom stereocenters. The summed E-state index contributed by atoms with van der Waals surface area (Å²) in [5.41, 5.74) is 0. The van der Waals surface area contributed by atoms with Crippen molar-refractivity contribution in [2.45, 2.75) is 243 Å². The molecule has 1 rings (SSSR count). The van der Waals surface area contributed by atoms with Crippen LogP contribution in [0.2, 0.25) is 0 Å². The molecule has 1 heterocycles. The molecule has 0 aromatic heterocycles. The number of carbonyl (C=O) groups is 1. The summed E-state index contributed by atoms with van der Waals surface area (Å²) >= 11 is 0. The molecule has 360 valence electrons. The van der Waals surface area contributed by atoms with E-state index in [2.05, 4.69) is 74.6 Å². The summed E-state index contributed by atoms with van der Waals surface area (Å²) in [7, 11) is 0. The number of aliphatic hydroxyl groups excluding tert-OH is 4. The van der Waals surface area contributed by atoms with Crippen LogP contribution in [-0.2, 0) is 23.7 Å². The molecule has 9 heteroatoms. The molecule has 62 heavy (non-hydrogen) atoms. The minimum Gasteiger partial charge on any atom is -0.457 e. The van der Waals surface area contributed by atoms with E-state index < -0.39 is 43.4 Å². The lowest BCUT2D eigenvalue weighted by molar-refractivity contribution is -0.305. The van der Waals surface area contributed by atoms with Gasteiger partial charge in [0.1, 0.15) is 30.5 Å². The summed E-state index contributed by atoms with van der Waals surface area (Å²) in [5, 5.41) is 40.2. The third-order valence-electron chi connectivity index (χ3n) is 11.4. The van der Waals surface area contributed by atoms with E-state index in [0.717, 1.165) is 70.6 Å². The Morgan fingerprint density at radius 1 is 0.532 bits per heavy atom. The van der Waals surface area contributed by atoms with Crippen molar-refractivity contribution in [2.75, 3.05) is 26.4 Å². The number of unbranched alkanes of at least 4 members (excludes halogenated alkanes) is 22. The standard InChI is InChI=1S/C53H94O9/c1-3-5-7-9-11-13-15-17-19-21-22-23-24-25-27-29-31-33-35-37-39-41-43-59-45-47(46-60-53-52(58)51(57)50(56)48(44-54)62-53)61-49(55)42-40-38-36-34-32-30-28-26-20-18-16-14-12-10-8-6-4-2/h6,8,12,14,18,20-22,28,30,47-48,50-54,56-58H,3-5,7,9-11,13,15-17,19,23-27,29,31-46H2,1-2H3/b8-6-,14-12-,20-18-,22-21-,30-28-. The molecule has 0 aromatic carbocycles. The Balaban J connectivity index is 2.22. The van der Waals surface area contributed by atoms with E-state index in [4.69, 9.17) is 18.9 Å². The van der Waals surface area contributed by atoms with Gasteiger partial charge in [-0.1, -0.05) is 184 Å². The van der Waals surface area contributed by atoms with Gasteiger partial charge in [0, 0.05) is 13.0 Å². The SMILES string of the molecule is CC/C=C\C/C=C\C/C=C\C/C=C\CCCCCCC(=O)OC(COCCCCCCCCCCCC/C=C\CCCCCCCCCC)COC1OC(CO)C(O)C(O)C1O. The normalized spacial score (nSPS) is 20.3. The Morgan fingerprint density at radius 2 is 0.984 bits per heavy atom. The van der Waals surface area contributed by atoms with Crippen LogP contribution in [0.15, 0.2) is 60.8 Å². The van der Waals surface area contributed by atoms with Gasteiger partial charge in [-0.2, -0.15) is 0 Å². The van der Waals surface area contributed by atoms with E-state index in [1.165, 1.54) is 116 Å².